The van der Waals surface area contributed by atoms with Gasteiger partial charge in [0.25, 0.3) is 0 Å². The monoisotopic (exact) mass is 249 g/mol. The first kappa shape index (κ1) is 11.4. The number of nitroso groups, excluding NO2 is 1. The Bertz CT molecular complexity index is 464. The maximum atomic E-state index is 11.4. The van der Waals surface area contributed by atoms with Crippen molar-refractivity contribution in [3.05, 3.63) is 27.5 Å². The van der Waals surface area contributed by atoms with Gasteiger partial charge in [0.15, 0.2) is 0 Å². The Kier molecular flexibility index (Phi) is 2.89. The number of esters is 1. The summed E-state index contributed by atoms with van der Waals surface area (Å²) in [5.41, 5.74) is 2.65. The Morgan fingerprint density at radius 1 is 1.22 bits per heavy atom. The number of fused-ring (bicyclic) bond motifs is 3. The smallest absolute Gasteiger partial charge is 0.306 e. The molecule has 0 aromatic rings. The minimum Gasteiger partial charge on any atom is -0.497 e. The van der Waals surface area contributed by atoms with Crippen LogP contribution in [0.1, 0.15) is 38.5 Å². The fraction of sp³-hybridized carbons (Fsp3) is 0.615. The number of hydrogen-bond acceptors (Lipinski definition) is 5. The predicted molar refractivity (Wildman–Crippen MR) is 63.4 cm³/mol. The molecule has 5 heteroatoms. The van der Waals surface area contributed by atoms with Crippen LogP contribution >= 0.6 is 0 Å². The van der Waals surface area contributed by atoms with E-state index in [0.717, 1.165) is 29.7 Å². The Labute approximate surface area is 105 Å². The van der Waals surface area contributed by atoms with E-state index in [2.05, 4.69) is 5.18 Å². The van der Waals surface area contributed by atoms with E-state index in [1.54, 1.807) is 0 Å². The van der Waals surface area contributed by atoms with Crippen LogP contribution in [0.5, 0.6) is 0 Å². The van der Waals surface area contributed by atoms with Crippen LogP contribution in [0.15, 0.2) is 27.8 Å². The largest absolute Gasteiger partial charge is 0.497 e. The van der Waals surface area contributed by atoms with Crippen molar-refractivity contribution in [3.8, 4) is 0 Å². The Morgan fingerprint density at radius 3 is 2.94 bits per heavy atom. The van der Waals surface area contributed by atoms with Gasteiger partial charge in [-0.15, -0.1) is 4.91 Å². The highest BCUT2D eigenvalue weighted by atomic mass is 16.5. The number of hydrogen-bond donors (Lipinski definition) is 0. The molecule has 2 heterocycles. The van der Waals surface area contributed by atoms with Gasteiger partial charge in [-0.25, -0.2) is 0 Å². The van der Waals surface area contributed by atoms with E-state index >= 15 is 0 Å². The second-order valence-corrected chi connectivity index (χ2v) is 4.90. The molecule has 3 rings (SSSR count). The summed E-state index contributed by atoms with van der Waals surface area (Å²) in [4.78, 5) is 22.3. The number of rotatable bonds is 1. The van der Waals surface area contributed by atoms with E-state index < -0.39 is 0 Å². The predicted octanol–water partition coefficient (Wildman–Crippen LogP) is 2.57. The second kappa shape index (κ2) is 4.55. The van der Waals surface area contributed by atoms with Crippen molar-refractivity contribution in [2.24, 2.45) is 5.18 Å². The van der Waals surface area contributed by atoms with Crippen LogP contribution in [0.4, 0.5) is 0 Å². The second-order valence-electron chi connectivity index (χ2n) is 4.90. The van der Waals surface area contributed by atoms with Crippen molar-refractivity contribution in [3.63, 3.8) is 0 Å². The first-order chi connectivity index (χ1) is 8.78. The zero-order valence-corrected chi connectivity index (χ0v) is 10.1. The fourth-order valence-electron chi connectivity index (χ4n) is 2.86. The topological polar surface area (TPSA) is 65.0 Å². The van der Waals surface area contributed by atoms with Gasteiger partial charge in [-0.05, 0) is 30.0 Å². The molecule has 2 saturated heterocycles. The van der Waals surface area contributed by atoms with E-state index in [4.69, 9.17) is 9.47 Å². The summed E-state index contributed by atoms with van der Waals surface area (Å²) >= 11 is 0. The van der Waals surface area contributed by atoms with Crippen molar-refractivity contribution in [1.82, 2.24) is 0 Å². The molecule has 2 aliphatic heterocycles. The van der Waals surface area contributed by atoms with Crippen LogP contribution in [0, 0.1) is 4.91 Å². The van der Waals surface area contributed by atoms with E-state index in [0.29, 0.717) is 38.0 Å². The molecule has 18 heavy (non-hydrogen) atoms. The van der Waals surface area contributed by atoms with E-state index in [9.17, 15) is 9.70 Å². The highest BCUT2D eigenvalue weighted by molar-refractivity contribution is 5.71. The molecular weight excluding hydrogens is 234 g/mol. The van der Waals surface area contributed by atoms with Crippen LogP contribution in [0.25, 0.3) is 0 Å². The molecule has 0 radical (unpaired) electrons. The lowest BCUT2D eigenvalue weighted by Gasteiger charge is -2.26. The molecule has 1 aliphatic carbocycles. The molecule has 0 saturated carbocycles. The zero-order chi connectivity index (χ0) is 12.5. The Morgan fingerprint density at radius 2 is 2.11 bits per heavy atom. The molecule has 0 spiro atoms. The van der Waals surface area contributed by atoms with Crippen molar-refractivity contribution in [2.75, 3.05) is 6.61 Å². The van der Waals surface area contributed by atoms with Gasteiger partial charge in [-0.1, -0.05) is 0 Å². The van der Waals surface area contributed by atoms with Gasteiger partial charge in [-0.3, -0.25) is 4.79 Å². The summed E-state index contributed by atoms with van der Waals surface area (Å²) in [6.07, 6.45) is 3.56. The third kappa shape index (κ3) is 1.94. The van der Waals surface area contributed by atoms with E-state index in [-0.39, 0.29) is 12.1 Å². The summed E-state index contributed by atoms with van der Waals surface area (Å²) in [5.74, 6) is 0.701. The first-order valence-electron chi connectivity index (χ1n) is 6.36. The van der Waals surface area contributed by atoms with Gasteiger partial charge >= 0.3 is 5.97 Å². The molecule has 1 atom stereocenters. The zero-order valence-electron chi connectivity index (χ0n) is 10.1. The average Bonchev–Trinajstić information content (AvgIpc) is 2.69. The number of carbonyl (C=O) groups is 1. The Hall–Kier alpha value is -1.65. The molecule has 2 bridgehead atoms. The van der Waals surface area contributed by atoms with Crippen LogP contribution in [0.3, 0.4) is 0 Å². The van der Waals surface area contributed by atoms with Gasteiger partial charge in [0.2, 0.25) is 0 Å². The summed E-state index contributed by atoms with van der Waals surface area (Å²) in [7, 11) is 0. The minimum atomic E-state index is -0.343. The molecular formula is C13H15NO4. The van der Waals surface area contributed by atoms with Gasteiger partial charge in [0, 0.05) is 24.8 Å². The lowest BCUT2D eigenvalue weighted by atomic mass is 9.97. The number of carbonyl (C=O) groups excluding carboxylic acids is 1. The van der Waals surface area contributed by atoms with E-state index in [1.165, 1.54) is 0 Å². The average molecular weight is 249 g/mol. The summed E-state index contributed by atoms with van der Waals surface area (Å²) in [6, 6.07) is 0. The maximum absolute atomic E-state index is 11.4. The van der Waals surface area contributed by atoms with Crippen LogP contribution in [-0.2, 0) is 14.3 Å². The molecule has 0 N–H and O–H groups in total. The quantitative estimate of drug-likeness (QED) is 0.529. The molecule has 0 aromatic heterocycles. The summed E-state index contributed by atoms with van der Waals surface area (Å²) < 4.78 is 11.1. The minimum absolute atomic E-state index is 0.200. The normalized spacial score (nSPS) is 27.8. The lowest BCUT2D eigenvalue weighted by Crippen LogP contribution is -2.27. The maximum Gasteiger partial charge on any atom is 0.306 e. The summed E-state index contributed by atoms with van der Waals surface area (Å²) in [5, 5.41) is 3.14. The van der Waals surface area contributed by atoms with Crippen LogP contribution in [-0.4, -0.2) is 18.7 Å². The standard InChI is InChI=1S/C13H15NO4/c15-13-4-3-9-11-6-8(2-1-5-17-11)10(14-16)7-12(9)18-13/h12H,1-7H2. The Balaban J connectivity index is 2.02. The molecule has 0 amide bonds. The van der Waals surface area contributed by atoms with Gasteiger partial charge in [-0.2, -0.15) is 0 Å². The van der Waals surface area contributed by atoms with Crippen molar-refractivity contribution >= 4 is 5.97 Å². The third-order valence-electron chi connectivity index (χ3n) is 3.79. The SMILES string of the molecule is O=NC1=C2CCCOC(=C3CCC(=O)OC3C1)C2. The number of ether oxygens (including phenoxy) is 2. The lowest BCUT2D eigenvalue weighted by molar-refractivity contribution is -0.150. The highest BCUT2D eigenvalue weighted by Crippen LogP contribution is 2.39. The molecule has 3 aliphatic rings. The van der Waals surface area contributed by atoms with Gasteiger partial charge in [0.1, 0.15) is 11.9 Å². The van der Waals surface area contributed by atoms with E-state index in [1.807, 2.05) is 0 Å². The summed E-state index contributed by atoms with van der Waals surface area (Å²) in [6.45, 7) is 0.662. The molecule has 96 valence electrons. The molecule has 1 unspecified atom stereocenters. The molecule has 5 nitrogen and oxygen atoms in total. The third-order valence-corrected chi connectivity index (χ3v) is 3.79. The molecule has 2 fully saturated rings. The van der Waals surface area contributed by atoms with Crippen molar-refractivity contribution < 1.29 is 14.3 Å². The number of nitrogens with zero attached hydrogens (tertiary/aromatic N) is 1. The van der Waals surface area contributed by atoms with Crippen molar-refractivity contribution in [1.29, 1.82) is 0 Å². The van der Waals surface area contributed by atoms with Crippen molar-refractivity contribution in [2.45, 2.75) is 44.6 Å². The first-order valence-corrected chi connectivity index (χ1v) is 6.36. The molecule has 0 aromatic carbocycles. The van der Waals surface area contributed by atoms with Crippen LogP contribution < -0.4 is 0 Å². The highest BCUT2D eigenvalue weighted by Gasteiger charge is 2.34. The van der Waals surface area contributed by atoms with Gasteiger partial charge < -0.3 is 9.47 Å². The van der Waals surface area contributed by atoms with Crippen LogP contribution in [0.2, 0.25) is 0 Å². The fourth-order valence-corrected chi connectivity index (χ4v) is 2.86. The van der Waals surface area contributed by atoms with Gasteiger partial charge in [0.05, 0.1) is 12.3 Å². The number of allylic oxidation sites excluding steroid dienone is 1.